The van der Waals surface area contributed by atoms with E-state index >= 15 is 0 Å². The fourth-order valence-electron chi connectivity index (χ4n) is 1.14. The third-order valence-electron chi connectivity index (χ3n) is 2.68. The molecule has 6 heteroatoms. The molecule has 5 nitrogen and oxygen atoms in total. The molecule has 0 atom stereocenters. The number of hydrogen-bond acceptors (Lipinski definition) is 5. The molecule has 0 spiro atoms. The van der Waals surface area contributed by atoms with Crippen LogP contribution in [0.1, 0.15) is 53.4 Å². The van der Waals surface area contributed by atoms with Gasteiger partial charge in [0.15, 0.2) is 6.79 Å². The van der Waals surface area contributed by atoms with Crippen LogP contribution in [0.15, 0.2) is 0 Å². The van der Waals surface area contributed by atoms with Gasteiger partial charge in [0.25, 0.3) is 0 Å². The number of unbranched alkanes of at least 4 members (excludes halogenated alkanes) is 2. The first-order valence-corrected chi connectivity index (χ1v) is 8.62. The molecule has 0 aromatic rings. The second kappa shape index (κ2) is 12.9. The topological polar surface area (TPSA) is 62.9 Å². The molecule has 0 unspecified atom stereocenters. The third-order valence-corrected chi connectivity index (χ3v) is 3.78. The van der Waals surface area contributed by atoms with Crippen LogP contribution in [-0.2, 0) is 18.3 Å². The number of nitrogens with two attached hydrogens (primary N) is 1. The highest BCUT2D eigenvalue weighted by atomic mass is 31.2. The van der Waals surface area contributed by atoms with E-state index in [1.165, 1.54) is 0 Å². The quantitative estimate of drug-likeness (QED) is 0.300. The van der Waals surface area contributed by atoms with Crippen molar-refractivity contribution >= 4 is 8.60 Å². The van der Waals surface area contributed by atoms with Gasteiger partial charge in [0.1, 0.15) is 0 Å². The molecule has 0 bridgehead atoms. The predicted molar refractivity (Wildman–Crippen MR) is 83.4 cm³/mol. The Morgan fingerprint density at radius 2 is 1.50 bits per heavy atom. The van der Waals surface area contributed by atoms with Crippen molar-refractivity contribution in [2.75, 3.05) is 33.2 Å². The normalized spacial score (nSPS) is 12.3. The Morgan fingerprint density at radius 3 is 1.95 bits per heavy atom. The van der Waals surface area contributed by atoms with Crippen LogP contribution in [0.2, 0.25) is 0 Å². The number of rotatable bonds is 14. The summed E-state index contributed by atoms with van der Waals surface area (Å²) in [6, 6.07) is 0. The molecule has 0 aliphatic heterocycles. The molecule has 0 aromatic carbocycles. The number of ether oxygens (including phenoxy) is 1. The summed E-state index contributed by atoms with van der Waals surface area (Å²) in [5, 5.41) is 0. The first-order chi connectivity index (χ1) is 9.55. The van der Waals surface area contributed by atoms with Crippen molar-refractivity contribution < 1.29 is 18.3 Å². The van der Waals surface area contributed by atoms with E-state index in [4.69, 9.17) is 24.0 Å². The summed E-state index contributed by atoms with van der Waals surface area (Å²) < 4.78 is 22.2. The van der Waals surface area contributed by atoms with Gasteiger partial charge in [0, 0.05) is 5.41 Å². The standard InChI is InChI=1S/C14H32NO4P/c1-5-7-9-17-20(18-10-8-6-2)19-13-16-12-14(3,4)11-15/h5-13,15H2,1-4H3. The largest absolute Gasteiger partial charge is 0.354 e. The highest BCUT2D eigenvalue weighted by Gasteiger charge is 2.17. The van der Waals surface area contributed by atoms with Gasteiger partial charge in [-0.25, -0.2) is 0 Å². The van der Waals surface area contributed by atoms with E-state index < -0.39 is 8.60 Å². The lowest BCUT2D eigenvalue weighted by molar-refractivity contribution is -0.0306. The molecule has 0 amide bonds. The minimum Gasteiger partial charge on any atom is -0.354 e. The highest BCUT2D eigenvalue weighted by Crippen LogP contribution is 2.40. The average Bonchev–Trinajstić information content (AvgIpc) is 2.43. The van der Waals surface area contributed by atoms with Gasteiger partial charge < -0.3 is 19.5 Å². The Bertz CT molecular complexity index is 207. The Hall–Kier alpha value is 0.230. The molecule has 0 heterocycles. The first-order valence-electron chi connectivity index (χ1n) is 7.52. The van der Waals surface area contributed by atoms with Gasteiger partial charge in [-0.2, -0.15) is 0 Å². The van der Waals surface area contributed by atoms with Crippen molar-refractivity contribution in [1.82, 2.24) is 0 Å². The van der Waals surface area contributed by atoms with E-state index in [1.807, 2.05) is 0 Å². The Morgan fingerprint density at radius 1 is 0.950 bits per heavy atom. The van der Waals surface area contributed by atoms with Gasteiger partial charge in [-0.15, -0.1) is 0 Å². The molecule has 0 rings (SSSR count). The van der Waals surface area contributed by atoms with Crippen molar-refractivity contribution in [3.8, 4) is 0 Å². The summed E-state index contributed by atoms with van der Waals surface area (Å²) in [4.78, 5) is 0. The van der Waals surface area contributed by atoms with Crippen molar-refractivity contribution in [3.05, 3.63) is 0 Å². The van der Waals surface area contributed by atoms with Crippen molar-refractivity contribution in [1.29, 1.82) is 0 Å². The smallest absolute Gasteiger partial charge is 0.334 e. The molecular weight excluding hydrogens is 277 g/mol. The van der Waals surface area contributed by atoms with Crippen LogP contribution >= 0.6 is 8.60 Å². The maximum Gasteiger partial charge on any atom is 0.334 e. The van der Waals surface area contributed by atoms with E-state index in [9.17, 15) is 0 Å². The minimum atomic E-state index is -1.29. The molecule has 0 aliphatic carbocycles. The molecule has 20 heavy (non-hydrogen) atoms. The zero-order chi connectivity index (χ0) is 15.3. The number of hydrogen-bond donors (Lipinski definition) is 1. The van der Waals surface area contributed by atoms with Crippen LogP contribution in [0.3, 0.4) is 0 Å². The van der Waals surface area contributed by atoms with E-state index in [1.54, 1.807) is 0 Å². The Balaban J connectivity index is 3.83. The van der Waals surface area contributed by atoms with E-state index in [0.717, 1.165) is 25.7 Å². The van der Waals surface area contributed by atoms with E-state index in [-0.39, 0.29) is 12.2 Å². The predicted octanol–water partition coefficient (Wildman–Crippen LogP) is 3.82. The maximum atomic E-state index is 5.64. The van der Waals surface area contributed by atoms with E-state index in [2.05, 4.69) is 27.7 Å². The van der Waals surface area contributed by atoms with Gasteiger partial charge in [0.2, 0.25) is 0 Å². The van der Waals surface area contributed by atoms with Crippen molar-refractivity contribution in [2.24, 2.45) is 11.1 Å². The molecule has 0 saturated carbocycles. The molecule has 0 aromatic heterocycles. The van der Waals surface area contributed by atoms with Gasteiger partial charge in [-0.1, -0.05) is 40.5 Å². The lowest BCUT2D eigenvalue weighted by Gasteiger charge is -2.22. The SMILES string of the molecule is CCCCOP(OCCCC)OCOCC(C)(C)CN. The first kappa shape index (κ1) is 20.2. The summed E-state index contributed by atoms with van der Waals surface area (Å²) in [6.45, 7) is 11.1. The molecular formula is C14H32NO4P. The minimum absolute atomic E-state index is 0.0295. The van der Waals surface area contributed by atoms with Crippen LogP contribution in [-0.4, -0.2) is 33.2 Å². The van der Waals surface area contributed by atoms with Crippen LogP contribution < -0.4 is 5.73 Å². The lowest BCUT2D eigenvalue weighted by Crippen LogP contribution is -2.29. The highest BCUT2D eigenvalue weighted by molar-refractivity contribution is 7.41. The summed E-state index contributed by atoms with van der Waals surface area (Å²) >= 11 is 0. The zero-order valence-corrected chi connectivity index (χ0v) is 14.4. The summed E-state index contributed by atoms with van der Waals surface area (Å²) in [5.41, 5.74) is 5.61. The Kier molecular flexibility index (Phi) is 13.1. The molecule has 0 radical (unpaired) electrons. The zero-order valence-electron chi connectivity index (χ0n) is 13.5. The second-order valence-electron chi connectivity index (χ2n) is 5.56. The van der Waals surface area contributed by atoms with Crippen LogP contribution in [0, 0.1) is 5.41 Å². The third kappa shape index (κ3) is 12.0. The van der Waals surface area contributed by atoms with Crippen molar-refractivity contribution in [2.45, 2.75) is 53.4 Å². The Labute approximate surface area is 125 Å². The molecule has 0 aliphatic rings. The monoisotopic (exact) mass is 309 g/mol. The summed E-state index contributed by atoms with van der Waals surface area (Å²) in [6.07, 6.45) is 4.22. The second-order valence-corrected chi connectivity index (χ2v) is 6.78. The molecule has 0 fully saturated rings. The van der Waals surface area contributed by atoms with Crippen molar-refractivity contribution in [3.63, 3.8) is 0 Å². The average molecular weight is 309 g/mol. The van der Waals surface area contributed by atoms with Crippen LogP contribution in [0.5, 0.6) is 0 Å². The van der Waals surface area contributed by atoms with E-state index in [0.29, 0.717) is 26.4 Å². The van der Waals surface area contributed by atoms with Gasteiger partial charge in [-0.05, 0) is 19.4 Å². The summed E-state index contributed by atoms with van der Waals surface area (Å²) in [7, 11) is -1.29. The van der Waals surface area contributed by atoms with Crippen LogP contribution in [0.4, 0.5) is 0 Å². The summed E-state index contributed by atoms with van der Waals surface area (Å²) in [5.74, 6) is 0. The molecule has 122 valence electrons. The van der Waals surface area contributed by atoms with Gasteiger partial charge in [0.05, 0.1) is 19.8 Å². The van der Waals surface area contributed by atoms with Crippen LogP contribution in [0.25, 0.3) is 0 Å². The maximum absolute atomic E-state index is 5.64. The fourth-order valence-corrected chi connectivity index (χ4v) is 2.08. The van der Waals surface area contributed by atoms with Gasteiger partial charge in [-0.3, -0.25) is 4.52 Å². The molecule has 0 saturated heterocycles. The fraction of sp³-hybridized carbons (Fsp3) is 1.00. The molecule has 2 N–H and O–H groups in total. The van der Waals surface area contributed by atoms with Gasteiger partial charge >= 0.3 is 8.60 Å². The lowest BCUT2D eigenvalue weighted by atomic mass is 9.96.